The number of aromatic nitrogens is 4. The molecular formula is C12H17N5. The fourth-order valence-corrected chi connectivity index (χ4v) is 1.83. The van der Waals surface area contributed by atoms with Gasteiger partial charge in [0.25, 0.3) is 0 Å². The molecule has 5 nitrogen and oxygen atoms in total. The molecule has 0 aliphatic heterocycles. The molecule has 0 aromatic carbocycles. The standard InChI is InChI=1S/C12H17N5/c1-4-5-17-7-10(6-16-17)11-9(2)12(13-3)15-8-14-11/h6-8H,4-5H2,1-3H3,(H,13,14,15). The second-order valence-electron chi connectivity index (χ2n) is 3.94. The van der Waals surface area contributed by atoms with Crippen molar-refractivity contribution in [3.63, 3.8) is 0 Å². The average molecular weight is 231 g/mol. The number of hydrogen-bond acceptors (Lipinski definition) is 4. The average Bonchev–Trinajstić information content (AvgIpc) is 2.78. The first-order valence-electron chi connectivity index (χ1n) is 5.78. The topological polar surface area (TPSA) is 55.6 Å². The van der Waals surface area contributed by atoms with Crippen LogP contribution >= 0.6 is 0 Å². The molecule has 0 amide bonds. The number of nitrogens with one attached hydrogen (secondary N) is 1. The summed E-state index contributed by atoms with van der Waals surface area (Å²) in [7, 11) is 1.86. The van der Waals surface area contributed by atoms with Gasteiger partial charge in [0.1, 0.15) is 12.1 Å². The highest BCUT2D eigenvalue weighted by atomic mass is 15.3. The van der Waals surface area contributed by atoms with Gasteiger partial charge in [-0.3, -0.25) is 4.68 Å². The van der Waals surface area contributed by atoms with Gasteiger partial charge in [0, 0.05) is 30.9 Å². The molecule has 5 heteroatoms. The van der Waals surface area contributed by atoms with Crippen molar-refractivity contribution in [3.8, 4) is 11.3 Å². The van der Waals surface area contributed by atoms with Gasteiger partial charge < -0.3 is 5.32 Å². The quantitative estimate of drug-likeness (QED) is 0.875. The second-order valence-corrected chi connectivity index (χ2v) is 3.94. The molecule has 0 bridgehead atoms. The Hall–Kier alpha value is -1.91. The van der Waals surface area contributed by atoms with Crippen molar-refractivity contribution in [1.29, 1.82) is 0 Å². The predicted molar refractivity (Wildman–Crippen MR) is 67.8 cm³/mol. The molecule has 0 saturated carbocycles. The van der Waals surface area contributed by atoms with E-state index in [1.807, 2.05) is 31.0 Å². The summed E-state index contributed by atoms with van der Waals surface area (Å²) in [4.78, 5) is 8.50. The van der Waals surface area contributed by atoms with E-state index in [1.54, 1.807) is 6.33 Å². The summed E-state index contributed by atoms with van der Waals surface area (Å²) >= 11 is 0. The highest BCUT2D eigenvalue weighted by Crippen LogP contribution is 2.23. The first-order chi connectivity index (χ1) is 8.26. The molecule has 90 valence electrons. The molecule has 0 fully saturated rings. The molecule has 0 atom stereocenters. The molecule has 0 saturated heterocycles. The Morgan fingerprint density at radius 3 is 2.88 bits per heavy atom. The van der Waals surface area contributed by atoms with E-state index in [0.29, 0.717) is 0 Å². The van der Waals surface area contributed by atoms with Gasteiger partial charge in [-0.25, -0.2) is 9.97 Å². The Morgan fingerprint density at radius 2 is 2.18 bits per heavy atom. The minimum absolute atomic E-state index is 0.859. The van der Waals surface area contributed by atoms with Crippen molar-refractivity contribution in [3.05, 3.63) is 24.3 Å². The lowest BCUT2D eigenvalue weighted by molar-refractivity contribution is 0.603. The Kier molecular flexibility index (Phi) is 3.37. The smallest absolute Gasteiger partial charge is 0.132 e. The molecule has 2 heterocycles. The van der Waals surface area contributed by atoms with Crippen LogP contribution in [0.25, 0.3) is 11.3 Å². The number of anilines is 1. The summed E-state index contributed by atoms with van der Waals surface area (Å²) < 4.78 is 1.94. The van der Waals surface area contributed by atoms with Crippen molar-refractivity contribution >= 4 is 5.82 Å². The van der Waals surface area contributed by atoms with Gasteiger partial charge in [0.2, 0.25) is 0 Å². The summed E-state index contributed by atoms with van der Waals surface area (Å²) in [5.41, 5.74) is 3.02. The van der Waals surface area contributed by atoms with E-state index in [-0.39, 0.29) is 0 Å². The number of aryl methyl sites for hydroxylation is 1. The van der Waals surface area contributed by atoms with E-state index < -0.39 is 0 Å². The lowest BCUT2D eigenvalue weighted by Gasteiger charge is -2.06. The summed E-state index contributed by atoms with van der Waals surface area (Å²) in [6.07, 6.45) is 6.53. The number of hydrogen-bond donors (Lipinski definition) is 1. The van der Waals surface area contributed by atoms with Crippen LogP contribution in [0.3, 0.4) is 0 Å². The Labute approximate surface area is 101 Å². The van der Waals surface area contributed by atoms with Gasteiger partial charge >= 0.3 is 0 Å². The van der Waals surface area contributed by atoms with Crippen LogP contribution in [0.5, 0.6) is 0 Å². The summed E-state index contributed by atoms with van der Waals surface area (Å²) in [5.74, 6) is 0.859. The van der Waals surface area contributed by atoms with E-state index in [4.69, 9.17) is 0 Å². The maximum Gasteiger partial charge on any atom is 0.132 e. The number of nitrogens with zero attached hydrogens (tertiary/aromatic N) is 4. The fraction of sp³-hybridized carbons (Fsp3) is 0.417. The van der Waals surface area contributed by atoms with Crippen LogP contribution < -0.4 is 5.32 Å². The van der Waals surface area contributed by atoms with Crippen molar-refractivity contribution in [2.45, 2.75) is 26.8 Å². The lowest BCUT2D eigenvalue weighted by atomic mass is 10.1. The Bertz CT molecular complexity index is 503. The molecule has 0 aliphatic carbocycles. The second kappa shape index (κ2) is 4.95. The van der Waals surface area contributed by atoms with Crippen LogP contribution in [0.2, 0.25) is 0 Å². The molecule has 1 N–H and O–H groups in total. The summed E-state index contributed by atoms with van der Waals surface area (Å²) in [6.45, 7) is 5.08. The van der Waals surface area contributed by atoms with Gasteiger partial charge in [-0.1, -0.05) is 6.92 Å². The van der Waals surface area contributed by atoms with Crippen LogP contribution in [-0.4, -0.2) is 26.8 Å². The van der Waals surface area contributed by atoms with Crippen LogP contribution in [0, 0.1) is 6.92 Å². The van der Waals surface area contributed by atoms with Gasteiger partial charge in [0.05, 0.1) is 11.9 Å². The molecule has 0 radical (unpaired) electrons. The predicted octanol–water partition coefficient (Wildman–Crippen LogP) is 2.10. The largest absolute Gasteiger partial charge is 0.373 e. The van der Waals surface area contributed by atoms with E-state index in [9.17, 15) is 0 Å². The highest BCUT2D eigenvalue weighted by Gasteiger charge is 2.09. The van der Waals surface area contributed by atoms with Crippen LogP contribution in [0.4, 0.5) is 5.82 Å². The first kappa shape index (κ1) is 11.6. The molecule has 0 aliphatic rings. The third kappa shape index (κ3) is 2.27. The van der Waals surface area contributed by atoms with E-state index in [2.05, 4.69) is 27.3 Å². The van der Waals surface area contributed by atoms with Crippen molar-refractivity contribution < 1.29 is 0 Å². The van der Waals surface area contributed by atoms with Crippen LogP contribution in [0.15, 0.2) is 18.7 Å². The zero-order valence-corrected chi connectivity index (χ0v) is 10.4. The van der Waals surface area contributed by atoms with Gasteiger partial charge in [-0.15, -0.1) is 0 Å². The number of rotatable bonds is 4. The highest BCUT2D eigenvalue weighted by molar-refractivity contribution is 5.66. The normalized spacial score (nSPS) is 10.5. The van der Waals surface area contributed by atoms with E-state index in [0.717, 1.165) is 35.6 Å². The SMILES string of the molecule is CCCn1cc(-c2ncnc(NC)c2C)cn1. The first-order valence-corrected chi connectivity index (χ1v) is 5.78. The molecular weight excluding hydrogens is 214 g/mol. The molecule has 2 rings (SSSR count). The third-order valence-electron chi connectivity index (χ3n) is 2.68. The van der Waals surface area contributed by atoms with Crippen molar-refractivity contribution in [2.24, 2.45) is 0 Å². The van der Waals surface area contributed by atoms with Crippen LogP contribution in [-0.2, 0) is 6.54 Å². The van der Waals surface area contributed by atoms with Gasteiger partial charge in [-0.05, 0) is 13.3 Å². The molecule has 17 heavy (non-hydrogen) atoms. The molecule has 0 unspecified atom stereocenters. The van der Waals surface area contributed by atoms with Gasteiger partial charge in [0.15, 0.2) is 0 Å². The van der Waals surface area contributed by atoms with Crippen molar-refractivity contribution in [2.75, 3.05) is 12.4 Å². The zero-order chi connectivity index (χ0) is 12.3. The summed E-state index contributed by atoms with van der Waals surface area (Å²) in [5, 5.41) is 7.37. The van der Waals surface area contributed by atoms with E-state index >= 15 is 0 Å². The zero-order valence-electron chi connectivity index (χ0n) is 10.4. The molecule has 2 aromatic heterocycles. The lowest BCUT2D eigenvalue weighted by Crippen LogP contribution is -1.99. The molecule has 0 spiro atoms. The minimum Gasteiger partial charge on any atom is -0.373 e. The molecule has 2 aromatic rings. The van der Waals surface area contributed by atoms with Gasteiger partial charge in [-0.2, -0.15) is 5.10 Å². The maximum absolute atomic E-state index is 4.33. The van der Waals surface area contributed by atoms with Crippen LogP contribution in [0.1, 0.15) is 18.9 Å². The van der Waals surface area contributed by atoms with Crippen molar-refractivity contribution in [1.82, 2.24) is 19.7 Å². The maximum atomic E-state index is 4.33. The summed E-state index contributed by atoms with van der Waals surface area (Å²) in [6, 6.07) is 0. The third-order valence-corrected chi connectivity index (χ3v) is 2.68. The monoisotopic (exact) mass is 231 g/mol. The van der Waals surface area contributed by atoms with E-state index in [1.165, 1.54) is 0 Å². The Balaban J connectivity index is 2.38. The minimum atomic E-state index is 0.859. The Morgan fingerprint density at radius 1 is 1.35 bits per heavy atom. The fourth-order valence-electron chi connectivity index (χ4n) is 1.83.